The summed E-state index contributed by atoms with van der Waals surface area (Å²) in [5.74, 6) is 1.36. The molecule has 4 nitrogen and oxygen atoms in total. The molecule has 0 spiro atoms. The van der Waals surface area contributed by atoms with E-state index in [9.17, 15) is 4.79 Å². The first-order chi connectivity index (χ1) is 10.6. The molecule has 3 rings (SSSR count). The fourth-order valence-corrected chi connectivity index (χ4v) is 3.33. The SMILES string of the molecule is Cc1ccsc1CN(C)C(=O)c1ccc2c(c1)OCCCO2. The summed E-state index contributed by atoms with van der Waals surface area (Å²) in [5.41, 5.74) is 1.85. The van der Waals surface area contributed by atoms with Crippen LogP contribution in [0, 0.1) is 6.92 Å². The molecule has 0 saturated carbocycles. The summed E-state index contributed by atoms with van der Waals surface area (Å²) < 4.78 is 11.2. The van der Waals surface area contributed by atoms with Crippen LogP contribution in [0.25, 0.3) is 0 Å². The number of carbonyl (C=O) groups excluding carboxylic acids is 1. The Bertz CT molecular complexity index is 680. The van der Waals surface area contributed by atoms with Crippen LogP contribution in [0.1, 0.15) is 27.2 Å². The van der Waals surface area contributed by atoms with Crippen molar-refractivity contribution >= 4 is 17.2 Å². The Morgan fingerprint density at radius 3 is 2.73 bits per heavy atom. The highest BCUT2D eigenvalue weighted by Gasteiger charge is 2.17. The van der Waals surface area contributed by atoms with E-state index in [4.69, 9.17) is 9.47 Å². The van der Waals surface area contributed by atoms with Crippen molar-refractivity contribution in [2.75, 3.05) is 20.3 Å². The highest BCUT2D eigenvalue weighted by atomic mass is 32.1. The van der Waals surface area contributed by atoms with Crippen LogP contribution in [-0.4, -0.2) is 31.1 Å². The van der Waals surface area contributed by atoms with Gasteiger partial charge in [-0.2, -0.15) is 0 Å². The standard InChI is InChI=1S/C17H19NO3S/c1-12-6-9-22-16(12)11-18(2)17(19)13-4-5-14-15(10-13)21-8-3-7-20-14/h4-6,9-10H,3,7-8,11H2,1-2H3. The molecule has 0 saturated heterocycles. The zero-order chi connectivity index (χ0) is 15.5. The van der Waals surface area contributed by atoms with Gasteiger partial charge in [0, 0.05) is 23.9 Å². The summed E-state index contributed by atoms with van der Waals surface area (Å²) in [6.07, 6.45) is 0.857. The number of nitrogens with zero attached hydrogens (tertiary/aromatic N) is 1. The van der Waals surface area contributed by atoms with E-state index in [1.165, 1.54) is 10.4 Å². The second kappa shape index (κ2) is 6.40. The first kappa shape index (κ1) is 14.9. The van der Waals surface area contributed by atoms with Gasteiger partial charge >= 0.3 is 0 Å². The third-order valence-corrected chi connectivity index (χ3v) is 4.70. The van der Waals surface area contributed by atoms with E-state index in [2.05, 4.69) is 18.4 Å². The number of fused-ring (bicyclic) bond motifs is 1. The van der Waals surface area contributed by atoms with E-state index >= 15 is 0 Å². The molecule has 0 radical (unpaired) electrons. The number of thiophene rings is 1. The molecular weight excluding hydrogens is 298 g/mol. The second-order valence-corrected chi connectivity index (χ2v) is 6.40. The molecule has 0 N–H and O–H groups in total. The normalized spacial score (nSPS) is 13.5. The number of aryl methyl sites for hydroxylation is 1. The van der Waals surface area contributed by atoms with Crippen molar-refractivity contribution in [1.82, 2.24) is 4.90 Å². The Morgan fingerprint density at radius 2 is 2.00 bits per heavy atom. The van der Waals surface area contributed by atoms with E-state index in [1.807, 2.05) is 13.1 Å². The van der Waals surface area contributed by atoms with Crippen molar-refractivity contribution in [3.8, 4) is 11.5 Å². The molecule has 1 aromatic heterocycles. The van der Waals surface area contributed by atoms with Gasteiger partial charge in [-0.25, -0.2) is 0 Å². The Kier molecular flexibility index (Phi) is 4.34. The molecule has 0 unspecified atom stereocenters. The third kappa shape index (κ3) is 3.09. The maximum atomic E-state index is 12.6. The zero-order valence-corrected chi connectivity index (χ0v) is 13.6. The van der Waals surface area contributed by atoms with Crippen LogP contribution in [0.2, 0.25) is 0 Å². The maximum Gasteiger partial charge on any atom is 0.254 e. The summed E-state index contributed by atoms with van der Waals surface area (Å²) in [4.78, 5) is 15.5. The van der Waals surface area contributed by atoms with Gasteiger partial charge in [-0.05, 0) is 42.1 Å². The van der Waals surface area contributed by atoms with Crippen molar-refractivity contribution < 1.29 is 14.3 Å². The van der Waals surface area contributed by atoms with E-state index in [0.29, 0.717) is 36.8 Å². The molecule has 116 valence electrons. The molecule has 1 amide bonds. The second-order valence-electron chi connectivity index (χ2n) is 5.40. The summed E-state index contributed by atoms with van der Waals surface area (Å²) in [6, 6.07) is 7.47. The Balaban J connectivity index is 1.77. The summed E-state index contributed by atoms with van der Waals surface area (Å²) in [5, 5.41) is 2.05. The largest absolute Gasteiger partial charge is 0.490 e. The molecule has 2 aromatic rings. The molecular formula is C17H19NO3S. The fourth-order valence-electron chi connectivity index (χ4n) is 2.37. The summed E-state index contributed by atoms with van der Waals surface area (Å²) in [6.45, 7) is 3.96. The minimum absolute atomic E-state index is 0.0107. The van der Waals surface area contributed by atoms with Gasteiger partial charge in [0.05, 0.1) is 19.8 Å². The monoisotopic (exact) mass is 317 g/mol. The minimum atomic E-state index is -0.0107. The van der Waals surface area contributed by atoms with Crippen LogP contribution >= 0.6 is 11.3 Å². The highest BCUT2D eigenvalue weighted by Crippen LogP contribution is 2.31. The molecule has 0 aliphatic carbocycles. The zero-order valence-electron chi connectivity index (χ0n) is 12.8. The average molecular weight is 317 g/mol. The molecule has 2 heterocycles. The van der Waals surface area contributed by atoms with E-state index in [1.54, 1.807) is 28.4 Å². The van der Waals surface area contributed by atoms with E-state index < -0.39 is 0 Å². The van der Waals surface area contributed by atoms with Gasteiger partial charge in [-0.3, -0.25) is 4.79 Å². The van der Waals surface area contributed by atoms with Crippen LogP contribution in [0.15, 0.2) is 29.6 Å². The van der Waals surface area contributed by atoms with Gasteiger partial charge in [0.25, 0.3) is 5.91 Å². The maximum absolute atomic E-state index is 12.6. The molecule has 0 atom stereocenters. The quantitative estimate of drug-likeness (QED) is 0.870. The van der Waals surface area contributed by atoms with Crippen molar-refractivity contribution in [3.63, 3.8) is 0 Å². The smallest absolute Gasteiger partial charge is 0.254 e. The van der Waals surface area contributed by atoms with Gasteiger partial charge in [-0.1, -0.05) is 0 Å². The first-order valence-electron chi connectivity index (χ1n) is 7.33. The van der Waals surface area contributed by atoms with E-state index in [-0.39, 0.29) is 5.91 Å². The highest BCUT2D eigenvalue weighted by molar-refractivity contribution is 7.10. The summed E-state index contributed by atoms with van der Waals surface area (Å²) >= 11 is 1.68. The third-order valence-electron chi connectivity index (χ3n) is 3.69. The van der Waals surface area contributed by atoms with Crippen LogP contribution < -0.4 is 9.47 Å². The summed E-state index contributed by atoms with van der Waals surface area (Å²) in [7, 11) is 1.82. The molecule has 1 aliphatic heterocycles. The topological polar surface area (TPSA) is 38.8 Å². The van der Waals surface area contributed by atoms with Crippen molar-refractivity contribution in [3.05, 3.63) is 45.6 Å². The van der Waals surface area contributed by atoms with Crippen LogP contribution in [0.4, 0.5) is 0 Å². The predicted molar refractivity (Wildman–Crippen MR) is 86.9 cm³/mol. The minimum Gasteiger partial charge on any atom is -0.490 e. The Hall–Kier alpha value is -2.01. The molecule has 5 heteroatoms. The van der Waals surface area contributed by atoms with Gasteiger partial charge in [0.1, 0.15) is 0 Å². The van der Waals surface area contributed by atoms with E-state index in [0.717, 1.165) is 6.42 Å². The van der Waals surface area contributed by atoms with Gasteiger partial charge in [-0.15, -0.1) is 11.3 Å². The average Bonchev–Trinajstić information content (AvgIpc) is 2.78. The number of carbonyl (C=O) groups is 1. The number of hydrogen-bond acceptors (Lipinski definition) is 4. The molecule has 0 bridgehead atoms. The molecule has 1 aliphatic rings. The molecule has 22 heavy (non-hydrogen) atoms. The van der Waals surface area contributed by atoms with Crippen LogP contribution in [0.3, 0.4) is 0 Å². The van der Waals surface area contributed by atoms with Crippen molar-refractivity contribution in [2.24, 2.45) is 0 Å². The Labute approximate surface area is 134 Å². The lowest BCUT2D eigenvalue weighted by molar-refractivity contribution is 0.0786. The molecule has 0 fully saturated rings. The molecule has 1 aromatic carbocycles. The predicted octanol–water partition coefficient (Wildman–Crippen LogP) is 3.49. The Morgan fingerprint density at radius 1 is 1.23 bits per heavy atom. The number of rotatable bonds is 3. The number of hydrogen-bond donors (Lipinski definition) is 0. The van der Waals surface area contributed by atoms with Gasteiger partial charge in [0.2, 0.25) is 0 Å². The van der Waals surface area contributed by atoms with Crippen molar-refractivity contribution in [2.45, 2.75) is 19.9 Å². The van der Waals surface area contributed by atoms with Gasteiger partial charge in [0.15, 0.2) is 11.5 Å². The lowest BCUT2D eigenvalue weighted by atomic mass is 10.1. The lowest BCUT2D eigenvalue weighted by Gasteiger charge is -2.18. The van der Waals surface area contributed by atoms with Crippen LogP contribution in [0.5, 0.6) is 11.5 Å². The van der Waals surface area contributed by atoms with Gasteiger partial charge < -0.3 is 14.4 Å². The lowest BCUT2D eigenvalue weighted by Crippen LogP contribution is -2.26. The fraction of sp³-hybridized carbons (Fsp3) is 0.353. The number of ether oxygens (including phenoxy) is 2. The number of benzene rings is 1. The van der Waals surface area contributed by atoms with Crippen molar-refractivity contribution in [1.29, 1.82) is 0 Å². The number of amides is 1. The first-order valence-corrected chi connectivity index (χ1v) is 8.21. The van der Waals surface area contributed by atoms with Crippen LogP contribution in [-0.2, 0) is 6.54 Å².